The third kappa shape index (κ3) is 4.38. The van der Waals surface area contributed by atoms with E-state index in [4.69, 9.17) is 5.11 Å². The summed E-state index contributed by atoms with van der Waals surface area (Å²) in [4.78, 5) is 15.5. The topological polar surface area (TPSA) is 88.2 Å². The van der Waals surface area contributed by atoms with Gasteiger partial charge >= 0.3 is 5.97 Å². The molecule has 3 aromatic rings. The van der Waals surface area contributed by atoms with Crippen molar-refractivity contribution >= 4 is 29.2 Å². The zero-order valence-electron chi connectivity index (χ0n) is 14.7. The first-order chi connectivity index (χ1) is 13.0. The lowest BCUT2D eigenvalue weighted by Gasteiger charge is -2.10. The lowest BCUT2D eigenvalue weighted by molar-refractivity contribution is 0.0691. The van der Waals surface area contributed by atoms with E-state index in [-0.39, 0.29) is 24.0 Å². The van der Waals surface area contributed by atoms with Gasteiger partial charge < -0.3 is 10.2 Å². The van der Waals surface area contributed by atoms with Crippen molar-refractivity contribution < 1.29 is 19.4 Å². The molecule has 7 heteroatoms. The number of carboxylic acid groups (broad SMARTS) is 1. The van der Waals surface area contributed by atoms with Crippen LogP contribution in [0.15, 0.2) is 36.4 Å². The summed E-state index contributed by atoms with van der Waals surface area (Å²) in [7, 11) is 0. The largest absolute Gasteiger partial charge is 0.477 e. The van der Waals surface area contributed by atoms with Gasteiger partial charge in [0.25, 0.3) is 0 Å². The summed E-state index contributed by atoms with van der Waals surface area (Å²) >= 11 is 0. The Kier molecular flexibility index (Phi) is 5.61. The number of carboxylic acids is 1. The van der Waals surface area contributed by atoms with Crippen LogP contribution in [-0.4, -0.2) is 37.6 Å². The molecule has 0 saturated heterocycles. The zero-order chi connectivity index (χ0) is 19.4. The molecule has 0 saturated carbocycles. The van der Waals surface area contributed by atoms with Crippen molar-refractivity contribution in [1.82, 2.24) is 14.8 Å². The SMILES string of the molecule is CC([CH]CO)Cn1nc(/C=C/c2cccc(F)c2)c2nc(C(=O)O)ccc21. The highest BCUT2D eigenvalue weighted by Crippen LogP contribution is 2.21. The molecule has 2 heterocycles. The first-order valence-corrected chi connectivity index (χ1v) is 8.46. The molecule has 2 aromatic heterocycles. The maximum Gasteiger partial charge on any atom is 0.354 e. The van der Waals surface area contributed by atoms with E-state index in [0.717, 1.165) is 0 Å². The molecular formula is C20H19FN3O3. The molecule has 6 nitrogen and oxygen atoms in total. The quantitative estimate of drug-likeness (QED) is 0.668. The lowest BCUT2D eigenvalue weighted by atomic mass is 10.1. The number of rotatable bonds is 7. The van der Waals surface area contributed by atoms with Crippen molar-refractivity contribution in [1.29, 1.82) is 0 Å². The third-order valence-corrected chi connectivity index (χ3v) is 4.09. The number of aromatic nitrogens is 3. The Morgan fingerprint density at radius 2 is 2.11 bits per heavy atom. The van der Waals surface area contributed by atoms with Gasteiger partial charge in [-0.15, -0.1) is 0 Å². The minimum atomic E-state index is -1.12. The number of nitrogens with zero attached hydrogens (tertiary/aromatic N) is 3. The van der Waals surface area contributed by atoms with Crippen molar-refractivity contribution in [3.05, 3.63) is 65.6 Å². The van der Waals surface area contributed by atoms with Crippen LogP contribution in [-0.2, 0) is 6.54 Å². The Balaban J connectivity index is 2.03. The van der Waals surface area contributed by atoms with Gasteiger partial charge in [-0.1, -0.05) is 25.1 Å². The molecule has 0 spiro atoms. The Morgan fingerprint density at radius 3 is 2.81 bits per heavy atom. The van der Waals surface area contributed by atoms with Gasteiger partial charge in [0.1, 0.15) is 22.7 Å². The third-order valence-electron chi connectivity index (χ3n) is 4.09. The zero-order valence-corrected chi connectivity index (χ0v) is 14.7. The first kappa shape index (κ1) is 18.7. The van der Waals surface area contributed by atoms with E-state index in [1.165, 1.54) is 18.2 Å². The molecule has 1 unspecified atom stereocenters. The Bertz CT molecular complexity index is 997. The van der Waals surface area contributed by atoms with Crippen molar-refractivity contribution in [3.8, 4) is 0 Å². The maximum absolute atomic E-state index is 13.4. The molecular weight excluding hydrogens is 349 g/mol. The number of carbonyl (C=O) groups is 1. The molecule has 1 radical (unpaired) electrons. The second kappa shape index (κ2) is 8.09. The number of hydrogen-bond donors (Lipinski definition) is 2. The summed E-state index contributed by atoms with van der Waals surface area (Å²) in [6, 6.07) is 9.23. The van der Waals surface area contributed by atoms with Crippen LogP contribution in [0.5, 0.6) is 0 Å². The van der Waals surface area contributed by atoms with Crippen molar-refractivity contribution in [2.24, 2.45) is 5.92 Å². The van der Waals surface area contributed by atoms with Gasteiger partial charge in [-0.25, -0.2) is 14.2 Å². The van der Waals surface area contributed by atoms with Crippen LogP contribution in [0.4, 0.5) is 4.39 Å². The molecule has 0 aliphatic rings. The van der Waals surface area contributed by atoms with E-state index in [1.54, 1.807) is 41.5 Å². The van der Waals surface area contributed by atoms with Crippen LogP contribution in [0.2, 0.25) is 0 Å². The van der Waals surface area contributed by atoms with Crippen LogP contribution >= 0.6 is 0 Å². The number of hydrogen-bond acceptors (Lipinski definition) is 4. The van der Waals surface area contributed by atoms with E-state index >= 15 is 0 Å². The molecule has 27 heavy (non-hydrogen) atoms. The van der Waals surface area contributed by atoms with Gasteiger partial charge in [0.05, 0.1) is 5.52 Å². The van der Waals surface area contributed by atoms with E-state index in [2.05, 4.69) is 10.1 Å². The minimum absolute atomic E-state index is 0.0336. The van der Waals surface area contributed by atoms with E-state index in [9.17, 15) is 14.3 Å². The molecule has 0 aliphatic heterocycles. The number of fused-ring (bicyclic) bond motifs is 1. The van der Waals surface area contributed by atoms with Crippen LogP contribution < -0.4 is 0 Å². The number of pyridine rings is 1. The second-order valence-electron chi connectivity index (χ2n) is 6.22. The summed E-state index contributed by atoms with van der Waals surface area (Å²) < 4.78 is 15.1. The van der Waals surface area contributed by atoms with Gasteiger partial charge in [0, 0.05) is 13.2 Å². The average molecular weight is 368 g/mol. The van der Waals surface area contributed by atoms with Gasteiger partial charge in [0.2, 0.25) is 0 Å². The summed E-state index contributed by atoms with van der Waals surface area (Å²) in [5.74, 6) is -1.39. The summed E-state index contributed by atoms with van der Waals surface area (Å²) in [5.41, 5.74) is 2.23. The van der Waals surface area contributed by atoms with E-state index < -0.39 is 5.97 Å². The minimum Gasteiger partial charge on any atom is -0.477 e. The van der Waals surface area contributed by atoms with Crippen molar-refractivity contribution in [3.63, 3.8) is 0 Å². The highest BCUT2D eigenvalue weighted by Gasteiger charge is 2.15. The first-order valence-electron chi connectivity index (χ1n) is 8.46. The van der Waals surface area contributed by atoms with Crippen LogP contribution in [0.1, 0.15) is 28.7 Å². The number of aromatic carboxylic acids is 1. The fourth-order valence-electron chi connectivity index (χ4n) is 2.76. The number of aliphatic hydroxyl groups is 1. The van der Waals surface area contributed by atoms with Crippen molar-refractivity contribution in [2.75, 3.05) is 6.61 Å². The summed E-state index contributed by atoms with van der Waals surface area (Å²) in [6.07, 6.45) is 5.15. The van der Waals surface area contributed by atoms with Gasteiger partial charge in [-0.3, -0.25) is 4.68 Å². The fourth-order valence-corrected chi connectivity index (χ4v) is 2.76. The monoisotopic (exact) mass is 368 g/mol. The highest BCUT2D eigenvalue weighted by molar-refractivity contribution is 5.92. The highest BCUT2D eigenvalue weighted by atomic mass is 19.1. The Hall–Kier alpha value is -3.06. The Labute approximate surface area is 155 Å². The summed E-state index contributed by atoms with van der Waals surface area (Å²) in [6.45, 7) is 2.43. The van der Waals surface area contributed by atoms with E-state index in [0.29, 0.717) is 28.8 Å². The van der Waals surface area contributed by atoms with Gasteiger partial charge in [0.15, 0.2) is 0 Å². The number of halogens is 1. The number of benzene rings is 1. The normalized spacial score (nSPS) is 12.7. The predicted molar refractivity (Wildman–Crippen MR) is 100 cm³/mol. The molecule has 0 aliphatic carbocycles. The van der Waals surface area contributed by atoms with Gasteiger partial charge in [-0.2, -0.15) is 5.10 Å². The lowest BCUT2D eigenvalue weighted by Crippen LogP contribution is -2.11. The molecule has 139 valence electrons. The predicted octanol–water partition coefficient (Wildman–Crippen LogP) is 3.27. The number of aliphatic hydroxyl groups excluding tert-OH is 1. The molecule has 3 rings (SSSR count). The Morgan fingerprint density at radius 1 is 1.30 bits per heavy atom. The van der Waals surface area contributed by atoms with Crippen LogP contribution in [0.25, 0.3) is 23.2 Å². The molecule has 1 aromatic carbocycles. The molecule has 0 amide bonds. The van der Waals surface area contributed by atoms with Crippen molar-refractivity contribution in [2.45, 2.75) is 13.5 Å². The molecule has 2 N–H and O–H groups in total. The maximum atomic E-state index is 13.4. The smallest absolute Gasteiger partial charge is 0.354 e. The average Bonchev–Trinajstić information content (AvgIpc) is 2.97. The van der Waals surface area contributed by atoms with Crippen LogP contribution in [0, 0.1) is 18.2 Å². The standard InChI is InChI=1S/C20H19FN3O3/c1-13(9-10-25)12-24-18-8-7-17(20(26)27)22-19(18)16(23-24)6-5-14-3-2-4-15(21)11-14/h2-9,11,13,25H,10,12H2,1H3,(H,26,27)/b6-5+. The molecule has 1 atom stereocenters. The molecule has 0 bridgehead atoms. The fraction of sp³-hybridized carbons (Fsp3) is 0.200. The van der Waals surface area contributed by atoms with Crippen LogP contribution in [0.3, 0.4) is 0 Å². The second-order valence-corrected chi connectivity index (χ2v) is 6.22. The van der Waals surface area contributed by atoms with Gasteiger partial charge in [-0.05, 0) is 48.2 Å². The summed E-state index contributed by atoms with van der Waals surface area (Å²) in [5, 5.41) is 22.8. The molecule has 0 fully saturated rings. The van der Waals surface area contributed by atoms with E-state index in [1.807, 2.05) is 6.92 Å².